The number of hydrogen-bond donors (Lipinski definition) is 2. The van der Waals surface area contributed by atoms with E-state index in [0.717, 1.165) is 0 Å². The van der Waals surface area contributed by atoms with Gasteiger partial charge in [-0.1, -0.05) is 12.2 Å². The van der Waals surface area contributed by atoms with Gasteiger partial charge in [-0.25, -0.2) is 0 Å². The van der Waals surface area contributed by atoms with E-state index in [0.29, 0.717) is 27.3 Å². The molecule has 1 aliphatic rings. The number of aliphatic hydroxyl groups excluding tert-OH is 1. The Morgan fingerprint density at radius 1 is 1.32 bits per heavy atom. The molecule has 2 aromatic rings. The molecule has 1 aliphatic heterocycles. The van der Waals surface area contributed by atoms with Crippen molar-refractivity contribution in [3.63, 3.8) is 0 Å². The molecule has 148 valence electrons. The van der Waals surface area contributed by atoms with Gasteiger partial charge in [0.15, 0.2) is 5.60 Å². The first-order chi connectivity index (χ1) is 13.4. The largest absolute Gasteiger partial charge is 0.479 e. The lowest BCUT2D eigenvalue weighted by atomic mass is 9.84. The SMILES string of the molecule is COCC1(COC)Oc2ccc(C#N)cc2[C@@H](Nc2ccc(=S)n(C)n2)[C@@H]1O. The Balaban J connectivity index is 2.09. The van der Waals surface area contributed by atoms with Gasteiger partial charge in [0, 0.05) is 26.8 Å². The van der Waals surface area contributed by atoms with E-state index < -0.39 is 17.7 Å². The van der Waals surface area contributed by atoms with E-state index in [4.69, 9.17) is 26.4 Å². The van der Waals surface area contributed by atoms with Crippen LogP contribution in [0.5, 0.6) is 5.75 Å². The summed E-state index contributed by atoms with van der Waals surface area (Å²) in [4.78, 5) is 0. The third-order valence-corrected chi connectivity index (χ3v) is 5.08. The lowest BCUT2D eigenvalue weighted by molar-refractivity contribution is -0.142. The van der Waals surface area contributed by atoms with Crippen molar-refractivity contribution in [2.24, 2.45) is 7.05 Å². The van der Waals surface area contributed by atoms with Gasteiger partial charge in [-0.15, -0.1) is 0 Å². The highest BCUT2D eigenvalue weighted by atomic mass is 32.1. The van der Waals surface area contributed by atoms with Crippen molar-refractivity contribution in [3.05, 3.63) is 46.1 Å². The Hall–Kier alpha value is -2.51. The van der Waals surface area contributed by atoms with Crippen molar-refractivity contribution in [1.29, 1.82) is 5.26 Å². The van der Waals surface area contributed by atoms with E-state index in [1.54, 1.807) is 42.1 Å². The second-order valence-corrected chi connectivity index (χ2v) is 7.06. The molecule has 0 unspecified atom stereocenters. The lowest BCUT2D eigenvalue weighted by Gasteiger charge is -2.45. The van der Waals surface area contributed by atoms with Crippen LogP contribution in [-0.2, 0) is 16.5 Å². The topological polar surface area (TPSA) is 102 Å². The average molecular weight is 402 g/mol. The molecular weight excluding hydrogens is 380 g/mol. The second-order valence-electron chi connectivity index (χ2n) is 6.64. The summed E-state index contributed by atoms with van der Waals surface area (Å²) in [5, 5.41) is 28.2. The molecule has 28 heavy (non-hydrogen) atoms. The summed E-state index contributed by atoms with van der Waals surface area (Å²) in [5.74, 6) is 1.07. The van der Waals surface area contributed by atoms with Crippen LogP contribution in [0, 0.1) is 16.0 Å². The molecule has 2 atom stereocenters. The number of benzene rings is 1. The Bertz CT molecular complexity index is 950. The first-order valence-corrected chi connectivity index (χ1v) is 9.05. The Labute approximate surface area is 168 Å². The van der Waals surface area contributed by atoms with Crippen molar-refractivity contribution in [3.8, 4) is 11.8 Å². The molecule has 8 nitrogen and oxygen atoms in total. The van der Waals surface area contributed by atoms with Crippen LogP contribution >= 0.6 is 12.2 Å². The van der Waals surface area contributed by atoms with E-state index >= 15 is 0 Å². The second kappa shape index (κ2) is 8.24. The highest BCUT2D eigenvalue weighted by Gasteiger charge is 2.50. The first-order valence-electron chi connectivity index (χ1n) is 8.64. The molecule has 0 fully saturated rings. The predicted octanol–water partition coefficient (Wildman–Crippen LogP) is 1.96. The number of hydrogen-bond acceptors (Lipinski definition) is 8. The average Bonchev–Trinajstić information content (AvgIpc) is 2.68. The molecule has 0 saturated heterocycles. The van der Waals surface area contributed by atoms with Crippen LogP contribution in [0.15, 0.2) is 30.3 Å². The van der Waals surface area contributed by atoms with Crippen LogP contribution in [0.1, 0.15) is 17.2 Å². The maximum atomic E-state index is 11.3. The molecule has 0 aliphatic carbocycles. The smallest absolute Gasteiger partial charge is 0.183 e. The maximum absolute atomic E-state index is 11.3. The fourth-order valence-corrected chi connectivity index (χ4v) is 3.47. The fourth-order valence-electron chi connectivity index (χ4n) is 3.36. The number of rotatable bonds is 6. The minimum Gasteiger partial charge on any atom is -0.479 e. The molecule has 1 aromatic carbocycles. The normalized spacial score (nSPS) is 20.0. The zero-order valence-corrected chi connectivity index (χ0v) is 16.7. The Kier molecular flexibility index (Phi) is 5.96. The van der Waals surface area contributed by atoms with Gasteiger partial charge in [-0.2, -0.15) is 10.4 Å². The number of fused-ring (bicyclic) bond motifs is 1. The molecule has 1 aromatic heterocycles. The number of aromatic nitrogens is 2. The van der Waals surface area contributed by atoms with Gasteiger partial charge in [0.1, 0.15) is 22.3 Å². The third-order valence-electron chi connectivity index (χ3n) is 4.68. The number of nitrogens with zero attached hydrogens (tertiary/aromatic N) is 3. The molecule has 0 saturated carbocycles. The number of nitriles is 1. The van der Waals surface area contributed by atoms with Gasteiger partial charge in [-0.3, -0.25) is 4.68 Å². The van der Waals surface area contributed by atoms with Gasteiger partial charge in [0.05, 0.1) is 30.9 Å². The Morgan fingerprint density at radius 3 is 2.64 bits per heavy atom. The van der Waals surface area contributed by atoms with Gasteiger partial charge in [0.2, 0.25) is 0 Å². The lowest BCUT2D eigenvalue weighted by Crippen LogP contribution is -2.60. The van der Waals surface area contributed by atoms with E-state index in [-0.39, 0.29) is 13.2 Å². The summed E-state index contributed by atoms with van der Waals surface area (Å²) in [6.45, 7) is 0.234. The van der Waals surface area contributed by atoms with Crippen LogP contribution in [0.25, 0.3) is 0 Å². The van der Waals surface area contributed by atoms with Crippen LogP contribution in [0.2, 0.25) is 0 Å². The quantitative estimate of drug-likeness (QED) is 0.707. The number of nitrogens with one attached hydrogen (secondary N) is 1. The summed E-state index contributed by atoms with van der Waals surface area (Å²) < 4.78 is 18.9. The van der Waals surface area contributed by atoms with Crippen LogP contribution in [0.4, 0.5) is 5.82 Å². The van der Waals surface area contributed by atoms with E-state index in [2.05, 4.69) is 16.5 Å². The first kappa shape index (κ1) is 20.2. The minimum atomic E-state index is -1.12. The van der Waals surface area contributed by atoms with Crippen LogP contribution < -0.4 is 10.1 Å². The van der Waals surface area contributed by atoms with Crippen molar-refractivity contribution in [2.45, 2.75) is 17.7 Å². The predicted molar refractivity (Wildman–Crippen MR) is 105 cm³/mol. The van der Waals surface area contributed by atoms with Crippen molar-refractivity contribution in [2.75, 3.05) is 32.8 Å². The van der Waals surface area contributed by atoms with E-state index in [9.17, 15) is 10.4 Å². The molecule has 0 radical (unpaired) electrons. The maximum Gasteiger partial charge on any atom is 0.183 e. The number of methoxy groups -OCH3 is 2. The van der Waals surface area contributed by atoms with E-state index in [1.165, 1.54) is 14.2 Å². The molecule has 2 heterocycles. The summed E-state index contributed by atoms with van der Waals surface area (Å²) in [7, 11) is 4.82. The number of aryl methyl sites for hydroxylation is 1. The van der Waals surface area contributed by atoms with Crippen LogP contribution in [0.3, 0.4) is 0 Å². The van der Waals surface area contributed by atoms with Crippen molar-refractivity contribution in [1.82, 2.24) is 9.78 Å². The minimum absolute atomic E-state index is 0.117. The molecule has 0 amide bonds. The summed E-state index contributed by atoms with van der Waals surface area (Å²) in [5.41, 5.74) is -0.00400. The molecule has 9 heteroatoms. The number of aliphatic hydroxyl groups is 1. The fraction of sp³-hybridized carbons (Fsp3) is 0.421. The molecule has 3 rings (SSSR count). The van der Waals surface area contributed by atoms with Crippen molar-refractivity contribution >= 4 is 18.0 Å². The zero-order chi connectivity index (χ0) is 20.3. The standard InChI is InChI=1S/C19H22N4O4S/c1-23-16(28)7-6-15(22-23)21-17-13-8-12(9-20)4-5-14(13)27-19(10-25-2,11-26-3)18(17)24/h4-8,17-18,24H,10-11H2,1-3H3,(H,21,22)/t17-,18+/m1/s1. The van der Waals surface area contributed by atoms with Gasteiger partial charge in [-0.05, 0) is 30.3 Å². The summed E-state index contributed by atoms with van der Waals surface area (Å²) >= 11 is 5.18. The molecule has 0 spiro atoms. The highest BCUT2D eigenvalue weighted by molar-refractivity contribution is 7.71. The molecular formula is C19H22N4O4S. The molecule has 2 N–H and O–H groups in total. The third kappa shape index (κ3) is 3.72. The van der Waals surface area contributed by atoms with E-state index in [1.807, 2.05) is 0 Å². The number of anilines is 1. The monoisotopic (exact) mass is 402 g/mol. The summed E-state index contributed by atoms with van der Waals surface area (Å²) in [6.07, 6.45) is -1.04. The van der Waals surface area contributed by atoms with Gasteiger partial charge >= 0.3 is 0 Å². The zero-order valence-electron chi connectivity index (χ0n) is 15.9. The number of ether oxygens (including phenoxy) is 3. The highest BCUT2D eigenvalue weighted by Crippen LogP contribution is 2.42. The van der Waals surface area contributed by atoms with Crippen molar-refractivity contribution < 1.29 is 19.3 Å². The van der Waals surface area contributed by atoms with Crippen LogP contribution in [-0.4, -0.2) is 54.0 Å². The molecule has 0 bridgehead atoms. The Morgan fingerprint density at radius 2 is 2.04 bits per heavy atom. The van der Waals surface area contributed by atoms with Gasteiger partial charge in [0.25, 0.3) is 0 Å². The van der Waals surface area contributed by atoms with Gasteiger partial charge < -0.3 is 24.6 Å². The summed E-state index contributed by atoms with van der Waals surface area (Å²) in [6, 6.07) is 10.1.